The zero-order chi connectivity index (χ0) is 15.7. The molecule has 2 aromatic rings. The fourth-order valence-electron chi connectivity index (χ4n) is 2.83. The van der Waals surface area contributed by atoms with Crippen LogP contribution in [-0.4, -0.2) is 31.2 Å². The Labute approximate surface area is 141 Å². The van der Waals surface area contributed by atoms with Gasteiger partial charge in [-0.05, 0) is 30.7 Å². The summed E-state index contributed by atoms with van der Waals surface area (Å²) in [4.78, 5) is 6.99. The van der Waals surface area contributed by atoms with Gasteiger partial charge in [0.2, 0.25) is 0 Å². The Hall–Kier alpha value is -1.51. The molecule has 0 saturated carbocycles. The number of nitrogens with zero attached hydrogens (tertiary/aromatic N) is 2. The molecule has 0 aliphatic carbocycles. The first-order chi connectivity index (χ1) is 10.6. The SMILES string of the molecule is Cc1ccccc1C1=NCC(Cl)CN(C)c2ccc(Cl)cc21. The van der Waals surface area contributed by atoms with Gasteiger partial charge in [0.1, 0.15) is 0 Å². The molecule has 1 atom stereocenters. The second kappa shape index (κ2) is 6.31. The first kappa shape index (κ1) is 15.4. The number of anilines is 1. The third-order valence-electron chi connectivity index (χ3n) is 3.94. The van der Waals surface area contributed by atoms with E-state index in [0.29, 0.717) is 6.54 Å². The van der Waals surface area contributed by atoms with Gasteiger partial charge in [0.25, 0.3) is 0 Å². The molecule has 1 unspecified atom stereocenters. The average molecular weight is 333 g/mol. The lowest BCUT2D eigenvalue weighted by Gasteiger charge is -2.28. The van der Waals surface area contributed by atoms with E-state index in [1.807, 2.05) is 30.3 Å². The molecule has 22 heavy (non-hydrogen) atoms. The second-order valence-electron chi connectivity index (χ2n) is 5.64. The minimum absolute atomic E-state index is 0.00662. The van der Waals surface area contributed by atoms with Crippen LogP contribution in [-0.2, 0) is 0 Å². The fraction of sp³-hybridized carbons (Fsp3) is 0.278. The van der Waals surface area contributed by atoms with Gasteiger partial charge in [-0.25, -0.2) is 0 Å². The van der Waals surface area contributed by atoms with E-state index in [9.17, 15) is 0 Å². The third-order valence-corrected chi connectivity index (χ3v) is 4.46. The Morgan fingerprint density at radius 3 is 2.68 bits per heavy atom. The van der Waals surface area contributed by atoms with Crippen LogP contribution in [0.5, 0.6) is 0 Å². The summed E-state index contributed by atoms with van der Waals surface area (Å²) in [6.45, 7) is 3.46. The highest BCUT2D eigenvalue weighted by Crippen LogP contribution is 2.29. The van der Waals surface area contributed by atoms with Gasteiger partial charge in [0.15, 0.2) is 0 Å². The number of hydrogen-bond donors (Lipinski definition) is 0. The van der Waals surface area contributed by atoms with Gasteiger partial charge in [-0.3, -0.25) is 4.99 Å². The maximum atomic E-state index is 6.40. The molecule has 1 heterocycles. The van der Waals surface area contributed by atoms with E-state index in [2.05, 4.69) is 31.0 Å². The highest BCUT2D eigenvalue weighted by molar-refractivity contribution is 6.31. The van der Waals surface area contributed by atoms with Crippen molar-refractivity contribution in [2.45, 2.75) is 12.3 Å². The lowest BCUT2D eigenvalue weighted by atomic mass is 9.96. The highest BCUT2D eigenvalue weighted by Gasteiger charge is 2.21. The van der Waals surface area contributed by atoms with Crippen molar-refractivity contribution < 1.29 is 0 Å². The lowest BCUT2D eigenvalue weighted by molar-refractivity contribution is 0.798. The number of hydrogen-bond acceptors (Lipinski definition) is 2. The van der Waals surface area contributed by atoms with Gasteiger partial charge >= 0.3 is 0 Å². The molecule has 2 aromatic carbocycles. The van der Waals surface area contributed by atoms with Crippen LogP contribution in [0.3, 0.4) is 0 Å². The van der Waals surface area contributed by atoms with Crippen molar-refractivity contribution >= 4 is 34.6 Å². The number of aryl methyl sites for hydroxylation is 1. The molecular formula is C18H18Cl2N2. The van der Waals surface area contributed by atoms with E-state index in [-0.39, 0.29) is 5.38 Å². The summed E-state index contributed by atoms with van der Waals surface area (Å²) in [5, 5.41) is 0.712. The molecule has 0 N–H and O–H groups in total. The highest BCUT2D eigenvalue weighted by atomic mass is 35.5. The molecule has 0 radical (unpaired) electrons. The molecule has 114 valence electrons. The van der Waals surface area contributed by atoms with E-state index in [1.165, 1.54) is 5.56 Å². The summed E-state index contributed by atoms with van der Waals surface area (Å²) >= 11 is 12.6. The van der Waals surface area contributed by atoms with Gasteiger partial charge in [-0.1, -0.05) is 35.9 Å². The minimum atomic E-state index is -0.00662. The first-order valence-corrected chi connectivity index (χ1v) is 8.13. The largest absolute Gasteiger partial charge is 0.372 e. The molecular weight excluding hydrogens is 315 g/mol. The van der Waals surface area contributed by atoms with Gasteiger partial charge in [0, 0.05) is 35.4 Å². The van der Waals surface area contributed by atoms with Gasteiger partial charge in [-0.2, -0.15) is 0 Å². The van der Waals surface area contributed by atoms with Crippen LogP contribution < -0.4 is 4.90 Å². The Morgan fingerprint density at radius 1 is 1.14 bits per heavy atom. The standard InChI is InChI=1S/C18H18Cl2N2/c1-12-5-3-4-6-15(12)18-16-9-13(19)7-8-17(16)22(2)11-14(20)10-21-18/h3-9,14H,10-11H2,1-2H3. The molecule has 0 spiro atoms. The topological polar surface area (TPSA) is 15.6 Å². The molecule has 4 heteroatoms. The Bertz CT molecular complexity index is 725. The molecule has 0 aromatic heterocycles. The number of rotatable bonds is 1. The maximum Gasteiger partial charge on any atom is 0.0743 e. The van der Waals surface area contributed by atoms with E-state index in [0.717, 1.165) is 34.1 Å². The molecule has 1 aliphatic rings. The summed E-state index contributed by atoms with van der Waals surface area (Å²) in [6, 6.07) is 14.2. The maximum absolute atomic E-state index is 6.40. The Balaban J connectivity index is 2.23. The quantitative estimate of drug-likeness (QED) is 0.700. The zero-order valence-corrected chi connectivity index (χ0v) is 14.2. The van der Waals surface area contributed by atoms with Crippen LogP contribution >= 0.6 is 23.2 Å². The van der Waals surface area contributed by atoms with Crippen molar-refractivity contribution in [1.29, 1.82) is 0 Å². The van der Waals surface area contributed by atoms with Crippen LogP contribution in [0, 0.1) is 6.92 Å². The smallest absolute Gasteiger partial charge is 0.0743 e. The number of fused-ring (bicyclic) bond motifs is 1. The average Bonchev–Trinajstić information content (AvgIpc) is 2.48. The van der Waals surface area contributed by atoms with Gasteiger partial charge in [-0.15, -0.1) is 11.6 Å². The van der Waals surface area contributed by atoms with Crippen molar-refractivity contribution in [3.63, 3.8) is 0 Å². The summed E-state index contributed by atoms with van der Waals surface area (Å²) in [5.41, 5.74) is 5.46. The summed E-state index contributed by atoms with van der Waals surface area (Å²) in [5.74, 6) is 0. The third kappa shape index (κ3) is 2.99. The van der Waals surface area contributed by atoms with Crippen LogP contribution in [0.1, 0.15) is 16.7 Å². The Kier molecular flexibility index (Phi) is 4.42. The second-order valence-corrected chi connectivity index (χ2v) is 6.70. The Morgan fingerprint density at radius 2 is 1.91 bits per heavy atom. The molecule has 0 amide bonds. The van der Waals surface area contributed by atoms with Crippen LogP contribution in [0.15, 0.2) is 47.5 Å². The van der Waals surface area contributed by atoms with Crippen molar-refractivity contribution in [3.05, 3.63) is 64.2 Å². The molecule has 1 aliphatic heterocycles. The normalized spacial score (nSPS) is 18.3. The molecule has 0 saturated heterocycles. The van der Waals surface area contributed by atoms with Crippen molar-refractivity contribution in [2.24, 2.45) is 4.99 Å². The number of aliphatic imine (C=N–C) groups is 1. The molecule has 2 nitrogen and oxygen atoms in total. The van der Waals surface area contributed by atoms with E-state index in [1.54, 1.807) is 0 Å². The summed E-state index contributed by atoms with van der Waals surface area (Å²) < 4.78 is 0. The van der Waals surface area contributed by atoms with Gasteiger partial charge < -0.3 is 4.90 Å². The van der Waals surface area contributed by atoms with Crippen LogP contribution in [0.25, 0.3) is 0 Å². The lowest BCUT2D eigenvalue weighted by Crippen LogP contribution is -2.31. The summed E-state index contributed by atoms with van der Waals surface area (Å²) in [7, 11) is 2.06. The summed E-state index contributed by atoms with van der Waals surface area (Å²) in [6.07, 6.45) is 0. The number of halogens is 2. The van der Waals surface area contributed by atoms with Crippen molar-refractivity contribution in [3.8, 4) is 0 Å². The van der Waals surface area contributed by atoms with Crippen molar-refractivity contribution in [1.82, 2.24) is 0 Å². The fourth-order valence-corrected chi connectivity index (χ4v) is 3.28. The molecule has 3 rings (SSSR count). The number of alkyl halides is 1. The predicted octanol–water partition coefficient (Wildman–Crippen LogP) is 4.54. The van der Waals surface area contributed by atoms with Crippen molar-refractivity contribution in [2.75, 3.05) is 25.0 Å². The molecule has 0 fully saturated rings. The predicted molar refractivity (Wildman–Crippen MR) is 96.0 cm³/mol. The first-order valence-electron chi connectivity index (χ1n) is 7.32. The zero-order valence-electron chi connectivity index (χ0n) is 12.7. The number of benzene rings is 2. The minimum Gasteiger partial charge on any atom is -0.372 e. The molecule has 0 bridgehead atoms. The van der Waals surface area contributed by atoms with E-state index in [4.69, 9.17) is 28.2 Å². The van der Waals surface area contributed by atoms with E-state index >= 15 is 0 Å². The van der Waals surface area contributed by atoms with Crippen LogP contribution in [0.4, 0.5) is 5.69 Å². The van der Waals surface area contributed by atoms with E-state index < -0.39 is 0 Å². The van der Waals surface area contributed by atoms with Crippen LogP contribution in [0.2, 0.25) is 5.02 Å². The van der Waals surface area contributed by atoms with Gasteiger partial charge in [0.05, 0.1) is 17.6 Å². The monoisotopic (exact) mass is 332 g/mol.